The molecule has 5 rings (SSSR count). The van der Waals surface area contributed by atoms with Gasteiger partial charge in [-0.05, 0) is 42.9 Å². The smallest absolute Gasteiger partial charge is 0.410 e. The number of benzene rings is 1. The highest BCUT2D eigenvalue weighted by molar-refractivity contribution is 5.82. The predicted octanol–water partition coefficient (Wildman–Crippen LogP) is 1.69. The van der Waals surface area contributed by atoms with Gasteiger partial charge in [-0.15, -0.1) is 0 Å². The predicted molar refractivity (Wildman–Crippen MR) is 136 cm³/mol. The molecule has 41 heavy (non-hydrogen) atoms. The summed E-state index contributed by atoms with van der Waals surface area (Å²) in [6.07, 6.45) is -6.84. The number of imidazole rings is 1. The van der Waals surface area contributed by atoms with Crippen LogP contribution < -0.4 is 10.5 Å². The fraction of sp³-hybridized carbons (Fsp3) is 0.462. The monoisotopic (exact) mass is 576 g/mol. The summed E-state index contributed by atoms with van der Waals surface area (Å²) in [4.78, 5) is 26.6. The molecule has 0 spiro atoms. The number of hydrogen-bond donors (Lipinski definition) is 4. The first-order chi connectivity index (χ1) is 19.5. The number of rotatable bonds is 4. The minimum absolute atomic E-state index is 0.0670. The number of piperidine rings is 1. The maximum atomic E-state index is 12.9. The molecule has 0 aliphatic carbocycles. The lowest BCUT2D eigenvalue weighted by Gasteiger charge is -2.30. The van der Waals surface area contributed by atoms with E-state index in [0.29, 0.717) is 32.4 Å². The number of hydrogen-bond acceptors (Lipinski definition) is 10. The molecule has 2 saturated heterocycles. The Balaban J connectivity index is 1.19. The van der Waals surface area contributed by atoms with E-state index >= 15 is 0 Å². The van der Waals surface area contributed by atoms with E-state index in [1.165, 1.54) is 27.9 Å². The number of aliphatic hydroxyl groups is 3. The van der Waals surface area contributed by atoms with Crippen molar-refractivity contribution in [3.05, 3.63) is 42.0 Å². The summed E-state index contributed by atoms with van der Waals surface area (Å²) in [5.41, 5.74) is 5.64. The van der Waals surface area contributed by atoms with Crippen molar-refractivity contribution in [3.63, 3.8) is 0 Å². The van der Waals surface area contributed by atoms with Gasteiger partial charge in [-0.3, -0.25) is 4.57 Å². The number of aromatic nitrogens is 4. The highest BCUT2D eigenvalue weighted by Gasteiger charge is 2.44. The van der Waals surface area contributed by atoms with Gasteiger partial charge >= 0.3 is 12.3 Å². The van der Waals surface area contributed by atoms with Crippen LogP contribution in [0.25, 0.3) is 11.2 Å². The summed E-state index contributed by atoms with van der Waals surface area (Å²) in [6, 6.07) is 4.18. The topological polar surface area (TPSA) is 169 Å². The molecule has 218 valence electrons. The van der Waals surface area contributed by atoms with Crippen LogP contribution >= 0.6 is 0 Å². The average molecular weight is 577 g/mol. The van der Waals surface area contributed by atoms with E-state index in [2.05, 4.69) is 26.8 Å². The minimum atomic E-state index is -4.54. The van der Waals surface area contributed by atoms with Crippen molar-refractivity contribution < 1.29 is 42.8 Å². The van der Waals surface area contributed by atoms with Crippen molar-refractivity contribution >= 4 is 23.1 Å². The van der Waals surface area contributed by atoms with Crippen LogP contribution in [0.1, 0.15) is 36.9 Å². The fourth-order valence-corrected chi connectivity index (χ4v) is 4.79. The van der Waals surface area contributed by atoms with Crippen LogP contribution in [0.2, 0.25) is 0 Å². The van der Waals surface area contributed by atoms with Crippen molar-refractivity contribution in [3.8, 4) is 17.6 Å². The normalized spacial score (nSPS) is 23.4. The Kier molecular flexibility index (Phi) is 8.00. The number of nitrogen functional groups attached to an aromatic ring is 1. The van der Waals surface area contributed by atoms with Crippen molar-refractivity contribution in [2.75, 3.05) is 25.4 Å². The third-order valence-electron chi connectivity index (χ3n) is 7.07. The summed E-state index contributed by atoms with van der Waals surface area (Å²) >= 11 is 0. The lowest BCUT2D eigenvalue weighted by atomic mass is 9.94. The number of fused-ring (bicyclic) bond motifs is 1. The van der Waals surface area contributed by atoms with E-state index in [0.717, 1.165) is 12.1 Å². The molecule has 4 heterocycles. The van der Waals surface area contributed by atoms with E-state index < -0.39 is 49.0 Å². The van der Waals surface area contributed by atoms with Gasteiger partial charge in [0.1, 0.15) is 29.6 Å². The van der Waals surface area contributed by atoms with Crippen LogP contribution in [-0.2, 0) is 10.9 Å². The zero-order valence-electron chi connectivity index (χ0n) is 21.5. The second-order valence-electron chi connectivity index (χ2n) is 9.82. The maximum Gasteiger partial charge on any atom is 0.416 e. The second-order valence-corrected chi connectivity index (χ2v) is 9.82. The largest absolute Gasteiger partial charge is 0.416 e. The van der Waals surface area contributed by atoms with Gasteiger partial charge < -0.3 is 35.4 Å². The van der Waals surface area contributed by atoms with Gasteiger partial charge in [-0.1, -0.05) is 12.0 Å². The minimum Gasteiger partial charge on any atom is -0.410 e. The number of aliphatic hydroxyl groups excluding tert-OH is 3. The third-order valence-corrected chi connectivity index (χ3v) is 7.07. The Labute approximate surface area is 231 Å². The van der Waals surface area contributed by atoms with E-state index in [1.807, 2.05) is 0 Å². The molecule has 1 amide bonds. The molecule has 2 fully saturated rings. The Bertz CT molecular complexity index is 1480. The number of nitrogens with two attached hydrogens (primary N) is 1. The Morgan fingerprint density at radius 1 is 1.20 bits per heavy atom. The maximum absolute atomic E-state index is 12.9. The number of nitrogens with zero attached hydrogens (tertiary/aromatic N) is 5. The highest BCUT2D eigenvalue weighted by Crippen LogP contribution is 2.33. The SMILES string of the molecule is Nc1nc(C#CCC2CCN(C(=O)Oc3cccc(C(F)(F)F)c3)CC2)nc2c1ncn2C1OC(CO)[C@H](O)[C@@H]1O. The molecule has 4 atom stereocenters. The number of anilines is 1. The Morgan fingerprint density at radius 3 is 2.63 bits per heavy atom. The number of alkyl halides is 3. The zero-order valence-corrected chi connectivity index (χ0v) is 21.5. The molecule has 2 aliphatic heterocycles. The van der Waals surface area contributed by atoms with Crippen molar-refractivity contribution in [2.24, 2.45) is 5.92 Å². The van der Waals surface area contributed by atoms with Crippen molar-refractivity contribution in [1.29, 1.82) is 0 Å². The Hall–Kier alpha value is -3.97. The van der Waals surface area contributed by atoms with Gasteiger partial charge in [-0.25, -0.2) is 19.7 Å². The molecule has 5 N–H and O–H groups in total. The molecule has 1 aromatic carbocycles. The molecule has 2 aliphatic rings. The van der Waals surface area contributed by atoms with Crippen molar-refractivity contribution in [1.82, 2.24) is 24.4 Å². The summed E-state index contributed by atoms with van der Waals surface area (Å²) in [5.74, 6) is 6.07. The van der Waals surface area contributed by atoms with Gasteiger partial charge in [0.2, 0.25) is 5.82 Å². The highest BCUT2D eigenvalue weighted by atomic mass is 19.4. The summed E-state index contributed by atoms with van der Waals surface area (Å²) in [6.45, 7) is 0.247. The van der Waals surface area contributed by atoms with Crippen LogP contribution in [0.5, 0.6) is 5.75 Å². The van der Waals surface area contributed by atoms with E-state index in [4.69, 9.17) is 15.2 Å². The number of halogens is 3. The van der Waals surface area contributed by atoms with Crippen LogP contribution in [-0.4, -0.2) is 83.8 Å². The molecule has 0 radical (unpaired) electrons. The molecule has 0 saturated carbocycles. The first-order valence-electron chi connectivity index (χ1n) is 12.8. The van der Waals surface area contributed by atoms with Gasteiger partial charge in [0.05, 0.1) is 18.5 Å². The van der Waals surface area contributed by atoms with Crippen LogP contribution in [0.15, 0.2) is 30.6 Å². The molecule has 12 nitrogen and oxygen atoms in total. The number of carbonyl (C=O) groups excluding carboxylic acids is 1. The van der Waals surface area contributed by atoms with Crippen molar-refractivity contribution in [2.45, 2.75) is 50.0 Å². The van der Waals surface area contributed by atoms with Crippen LogP contribution in [0.3, 0.4) is 0 Å². The number of carbonyl (C=O) groups is 1. The van der Waals surface area contributed by atoms with Crippen LogP contribution in [0.4, 0.5) is 23.8 Å². The molecular formula is C26H27F3N6O6. The van der Waals surface area contributed by atoms with Gasteiger partial charge in [0, 0.05) is 19.5 Å². The van der Waals surface area contributed by atoms with Crippen LogP contribution in [0, 0.1) is 17.8 Å². The third kappa shape index (κ3) is 6.05. The first-order valence-corrected chi connectivity index (χ1v) is 12.8. The number of likely N-dealkylation sites (tertiary alicyclic amines) is 1. The van der Waals surface area contributed by atoms with E-state index in [1.54, 1.807) is 0 Å². The van der Waals surface area contributed by atoms with E-state index in [9.17, 15) is 33.3 Å². The molecular weight excluding hydrogens is 549 g/mol. The summed E-state index contributed by atoms with van der Waals surface area (Å²) in [7, 11) is 0. The summed E-state index contributed by atoms with van der Waals surface area (Å²) in [5, 5.41) is 29.8. The van der Waals surface area contributed by atoms with Gasteiger partial charge in [0.25, 0.3) is 0 Å². The zero-order chi connectivity index (χ0) is 29.3. The molecule has 2 unspecified atom stereocenters. The quantitative estimate of drug-likeness (QED) is 0.335. The summed E-state index contributed by atoms with van der Waals surface area (Å²) < 4.78 is 50.8. The fourth-order valence-electron chi connectivity index (χ4n) is 4.79. The second kappa shape index (κ2) is 11.5. The average Bonchev–Trinajstić information content (AvgIpc) is 3.49. The molecule has 15 heteroatoms. The lowest BCUT2D eigenvalue weighted by molar-refractivity contribution is -0.137. The Morgan fingerprint density at radius 2 is 1.95 bits per heavy atom. The number of amides is 1. The van der Waals surface area contributed by atoms with Gasteiger partial charge in [0.15, 0.2) is 17.7 Å². The van der Waals surface area contributed by atoms with Gasteiger partial charge in [-0.2, -0.15) is 13.2 Å². The van der Waals surface area contributed by atoms with E-state index in [-0.39, 0.29) is 34.5 Å². The molecule has 0 bridgehead atoms. The standard InChI is InChI=1S/C26H27F3N6O6/c27-26(28,29)15-4-2-5-16(11-15)40-25(39)34-9-7-14(8-10-34)3-1-6-18-32-22(30)19-23(33-18)35(13-31-19)24-21(38)20(37)17(12-36)41-24/h2,4-5,11,13-14,17,20-21,24,36-38H,3,7-10,12H2,(H2,30,32,33)/t17?,20-,21-,24?/m0/s1. The molecule has 2 aromatic heterocycles. The lowest BCUT2D eigenvalue weighted by Crippen LogP contribution is -2.40. The molecule has 3 aromatic rings. The number of ether oxygens (including phenoxy) is 2. The first kappa shape index (κ1) is 28.6.